The van der Waals surface area contributed by atoms with Gasteiger partial charge in [0.2, 0.25) is 5.88 Å². The fourth-order valence-electron chi connectivity index (χ4n) is 1.73. The lowest BCUT2D eigenvalue weighted by Crippen LogP contribution is -2.14. The molecule has 19 heavy (non-hydrogen) atoms. The zero-order valence-corrected chi connectivity index (χ0v) is 11.5. The lowest BCUT2D eigenvalue weighted by molar-refractivity contribution is 0.234. The minimum atomic E-state index is 0.0482. The van der Waals surface area contributed by atoms with E-state index in [0.717, 1.165) is 11.5 Å². The molecule has 0 saturated carbocycles. The van der Waals surface area contributed by atoms with Gasteiger partial charge in [-0.1, -0.05) is 18.2 Å². The summed E-state index contributed by atoms with van der Waals surface area (Å²) in [6.45, 7) is 3.91. The van der Waals surface area contributed by atoms with E-state index < -0.39 is 0 Å². The molecule has 2 N–H and O–H groups in total. The van der Waals surface area contributed by atoms with Crippen molar-refractivity contribution in [1.82, 2.24) is 4.98 Å². The van der Waals surface area contributed by atoms with Crippen molar-refractivity contribution in [1.29, 1.82) is 0 Å². The Hall–Kier alpha value is -2.23. The Morgan fingerprint density at radius 1 is 1.11 bits per heavy atom. The van der Waals surface area contributed by atoms with E-state index >= 15 is 0 Å². The van der Waals surface area contributed by atoms with Crippen LogP contribution in [0.25, 0.3) is 0 Å². The van der Waals surface area contributed by atoms with Crippen molar-refractivity contribution in [2.24, 2.45) is 0 Å². The van der Waals surface area contributed by atoms with Crippen LogP contribution in [0, 0.1) is 0 Å². The molecule has 1 aromatic heterocycles. The van der Waals surface area contributed by atoms with E-state index in [1.807, 2.05) is 68.3 Å². The molecule has 0 saturated heterocycles. The molecule has 4 heteroatoms. The molecule has 0 atom stereocenters. The number of para-hydroxylation sites is 1. The van der Waals surface area contributed by atoms with Crippen molar-refractivity contribution in [3.63, 3.8) is 0 Å². The Morgan fingerprint density at radius 3 is 2.42 bits per heavy atom. The quantitative estimate of drug-likeness (QED) is 0.913. The maximum atomic E-state index is 5.87. The number of rotatable bonds is 4. The van der Waals surface area contributed by atoms with Crippen LogP contribution >= 0.6 is 0 Å². The first-order valence-electron chi connectivity index (χ1n) is 6.30. The van der Waals surface area contributed by atoms with Crippen LogP contribution in [0.1, 0.15) is 13.8 Å². The maximum absolute atomic E-state index is 5.87. The third-order valence-electron chi connectivity index (χ3n) is 2.71. The first-order chi connectivity index (χ1) is 9.08. The first-order valence-corrected chi connectivity index (χ1v) is 6.30. The predicted molar refractivity (Wildman–Crippen MR) is 78.9 cm³/mol. The largest absolute Gasteiger partial charge is 0.473 e. The molecule has 0 radical (unpaired) electrons. The summed E-state index contributed by atoms with van der Waals surface area (Å²) in [5.41, 5.74) is 7.49. The van der Waals surface area contributed by atoms with E-state index in [2.05, 4.69) is 4.98 Å². The number of pyridine rings is 1. The average Bonchev–Trinajstić information content (AvgIpc) is 2.41. The van der Waals surface area contributed by atoms with Gasteiger partial charge in [-0.05, 0) is 38.1 Å². The van der Waals surface area contributed by atoms with Crippen molar-refractivity contribution in [3.8, 4) is 5.88 Å². The van der Waals surface area contributed by atoms with Crippen molar-refractivity contribution in [2.75, 3.05) is 17.7 Å². The van der Waals surface area contributed by atoms with Gasteiger partial charge in [0.15, 0.2) is 0 Å². The number of nitrogen functional groups attached to an aromatic ring is 1. The van der Waals surface area contributed by atoms with E-state index in [9.17, 15) is 0 Å². The summed E-state index contributed by atoms with van der Waals surface area (Å²) >= 11 is 0. The molecule has 0 fully saturated rings. The van der Waals surface area contributed by atoms with Crippen molar-refractivity contribution in [3.05, 3.63) is 42.5 Å². The van der Waals surface area contributed by atoms with Crippen molar-refractivity contribution < 1.29 is 4.74 Å². The van der Waals surface area contributed by atoms with Crippen LogP contribution in [0.4, 0.5) is 17.2 Å². The first kappa shape index (κ1) is 13.2. The van der Waals surface area contributed by atoms with Gasteiger partial charge in [-0.15, -0.1) is 0 Å². The van der Waals surface area contributed by atoms with E-state index in [-0.39, 0.29) is 6.10 Å². The molecule has 1 heterocycles. The molecule has 1 aromatic carbocycles. The minimum Gasteiger partial charge on any atom is -0.473 e. The summed E-state index contributed by atoms with van der Waals surface area (Å²) in [7, 11) is 1.97. The Morgan fingerprint density at radius 2 is 1.79 bits per heavy atom. The van der Waals surface area contributed by atoms with E-state index in [1.165, 1.54) is 0 Å². The number of hydrogen-bond donors (Lipinski definition) is 1. The third kappa shape index (κ3) is 3.16. The molecule has 4 nitrogen and oxygen atoms in total. The van der Waals surface area contributed by atoms with Gasteiger partial charge in [0.25, 0.3) is 0 Å². The van der Waals surface area contributed by atoms with Crippen molar-refractivity contribution >= 4 is 17.2 Å². The highest BCUT2D eigenvalue weighted by molar-refractivity contribution is 5.62. The van der Waals surface area contributed by atoms with Gasteiger partial charge >= 0.3 is 0 Å². The Bertz CT molecular complexity index is 540. The molecule has 0 aliphatic carbocycles. The second-order valence-corrected chi connectivity index (χ2v) is 4.63. The van der Waals surface area contributed by atoms with Crippen LogP contribution < -0.4 is 15.4 Å². The summed E-state index contributed by atoms with van der Waals surface area (Å²) in [5, 5.41) is 0. The van der Waals surface area contributed by atoms with E-state index in [1.54, 1.807) is 0 Å². The zero-order chi connectivity index (χ0) is 13.8. The molecule has 100 valence electrons. The normalized spacial score (nSPS) is 10.5. The number of aromatic nitrogens is 1. The predicted octanol–water partition coefficient (Wildman–Crippen LogP) is 3.22. The van der Waals surface area contributed by atoms with Crippen LogP contribution in [0.5, 0.6) is 5.88 Å². The van der Waals surface area contributed by atoms with Gasteiger partial charge in [-0.2, -0.15) is 4.98 Å². The molecule has 0 aliphatic heterocycles. The Kier molecular flexibility index (Phi) is 3.90. The fourth-order valence-corrected chi connectivity index (χ4v) is 1.73. The Labute approximate surface area is 113 Å². The molecular weight excluding hydrogens is 238 g/mol. The topological polar surface area (TPSA) is 51.4 Å². The average molecular weight is 257 g/mol. The number of nitrogens with zero attached hydrogens (tertiary/aromatic N) is 2. The summed E-state index contributed by atoms with van der Waals surface area (Å²) in [6.07, 6.45) is 0.0482. The van der Waals surface area contributed by atoms with Gasteiger partial charge < -0.3 is 15.4 Å². The van der Waals surface area contributed by atoms with Crippen LogP contribution in [-0.4, -0.2) is 18.1 Å². The smallest absolute Gasteiger partial charge is 0.239 e. The molecular formula is C15H19N3O. The van der Waals surface area contributed by atoms with Crippen LogP contribution in [0.15, 0.2) is 42.5 Å². The van der Waals surface area contributed by atoms with Gasteiger partial charge in [0.1, 0.15) is 5.82 Å². The summed E-state index contributed by atoms with van der Waals surface area (Å²) in [4.78, 5) is 6.46. The lowest BCUT2D eigenvalue weighted by Gasteiger charge is -2.20. The van der Waals surface area contributed by atoms with Gasteiger partial charge in [-0.25, -0.2) is 0 Å². The standard InChI is InChI=1S/C15H19N3O/c1-11(2)19-15-13(16)9-10-14(17-15)18(3)12-7-5-4-6-8-12/h4-11H,16H2,1-3H3. The number of benzene rings is 1. The van der Waals surface area contributed by atoms with Crippen LogP contribution in [0.3, 0.4) is 0 Å². The monoisotopic (exact) mass is 257 g/mol. The molecule has 0 unspecified atom stereocenters. The highest BCUT2D eigenvalue weighted by Crippen LogP contribution is 2.27. The van der Waals surface area contributed by atoms with Crippen molar-refractivity contribution in [2.45, 2.75) is 20.0 Å². The second-order valence-electron chi connectivity index (χ2n) is 4.63. The lowest BCUT2D eigenvalue weighted by atomic mass is 10.3. The fraction of sp³-hybridized carbons (Fsp3) is 0.267. The van der Waals surface area contributed by atoms with Crippen LogP contribution in [-0.2, 0) is 0 Å². The summed E-state index contributed by atoms with van der Waals surface area (Å²) < 4.78 is 5.61. The summed E-state index contributed by atoms with van der Waals surface area (Å²) in [5.74, 6) is 1.28. The van der Waals surface area contributed by atoms with Gasteiger partial charge in [0, 0.05) is 12.7 Å². The Balaban J connectivity index is 2.30. The number of anilines is 3. The minimum absolute atomic E-state index is 0.0482. The van der Waals surface area contributed by atoms with Crippen LogP contribution in [0.2, 0.25) is 0 Å². The molecule has 2 aromatic rings. The van der Waals surface area contributed by atoms with Gasteiger partial charge in [0.05, 0.1) is 11.8 Å². The highest BCUT2D eigenvalue weighted by Gasteiger charge is 2.10. The zero-order valence-electron chi connectivity index (χ0n) is 11.5. The van der Waals surface area contributed by atoms with E-state index in [0.29, 0.717) is 11.6 Å². The number of nitrogens with two attached hydrogens (primary N) is 1. The molecule has 0 aliphatic rings. The highest BCUT2D eigenvalue weighted by atomic mass is 16.5. The number of ether oxygens (including phenoxy) is 1. The SMILES string of the molecule is CC(C)Oc1nc(N(C)c2ccccc2)ccc1N. The molecule has 2 rings (SSSR count). The number of hydrogen-bond acceptors (Lipinski definition) is 4. The molecule has 0 spiro atoms. The van der Waals surface area contributed by atoms with E-state index in [4.69, 9.17) is 10.5 Å². The third-order valence-corrected chi connectivity index (χ3v) is 2.71. The molecule has 0 bridgehead atoms. The second kappa shape index (κ2) is 5.61. The van der Waals surface area contributed by atoms with Gasteiger partial charge in [-0.3, -0.25) is 0 Å². The molecule has 0 amide bonds. The maximum Gasteiger partial charge on any atom is 0.239 e. The summed E-state index contributed by atoms with van der Waals surface area (Å²) in [6, 6.07) is 13.7.